The third-order valence-corrected chi connectivity index (χ3v) is 1.46. The molecule has 98 valence electrons. The molecule has 0 atom stereocenters. The van der Waals surface area contributed by atoms with Crippen LogP contribution in [0.5, 0.6) is 0 Å². The molecular weight excluding hydrogens is 243 g/mol. The molecule has 1 aromatic carbocycles. The van der Waals surface area contributed by atoms with Gasteiger partial charge < -0.3 is 30.9 Å². The van der Waals surface area contributed by atoms with E-state index in [4.69, 9.17) is 19.9 Å². The highest BCUT2D eigenvalue weighted by Gasteiger charge is 2.12. The van der Waals surface area contributed by atoms with E-state index in [1.54, 1.807) is 17.4 Å². The van der Waals surface area contributed by atoms with Gasteiger partial charge in [-0.1, -0.05) is 30.3 Å². The van der Waals surface area contributed by atoms with Crippen LogP contribution in [0.3, 0.4) is 0 Å². The van der Waals surface area contributed by atoms with E-state index in [-0.39, 0.29) is 6.61 Å². The molecule has 0 aliphatic carbocycles. The highest BCUT2D eigenvalue weighted by molar-refractivity contribution is 6.41. The van der Waals surface area contributed by atoms with Crippen molar-refractivity contribution < 1.29 is 29.5 Å². The van der Waals surface area contributed by atoms with Gasteiger partial charge in [-0.05, 0) is 5.56 Å². The van der Waals surface area contributed by atoms with Gasteiger partial charge in [0.2, 0.25) is 0 Å². The molecule has 0 saturated carbocycles. The minimum Gasteiger partial charge on any atom is -0.465 e. The summed E-state index contributed by atoms with van der Waals surface area (Å²) in [5.41, 5.74) is 4.86. The van der Waals surface area contributed by atoms with Gasteiger partial charge in [0.1, 0.15) is 6.61 Å². The number of benzene rings is 1. The Bertz CT molecular complexity index is 369. The van der Waals surface area contributed by atoms with Crippen LogP contribution in [-0.4, -0.2) is 34.6 Å². The van der Waals surface area contributed by atoms with Crippen molar-refractivity contribution in [3.05, 3.63) is 35.9 Å². The fourth-order valence-electron chi connectivity index (χ4n) is 0.870. The molecule has 8 nitrogen and oxygen atoms in total. The molecule has 0 aliphatic rings. The standard InChI is InChI=1S/C8H10BNO4.CH3NO2/c11-8(10-9(12)13)14-6-7-4-2-1-3-5-7;2-1(3)4/h1-5,12-13H,6H2,(H,10,11);2H2,(H,3,4). The Morgan fingerprint density at radius 2 is 1.78 bits per heavy atom. The summed E-state index contributed by atoms with van der Waals surface area (Å²) >= 11 is 0. The summed E-state index contributed by atoms with van der Waals surface area (Å²) in [6.07, 6.45) is -2.20. The van der Waals surface area contributed by atoms with Crippen molar-refractivity contribution in [1.29, 1.82) is 0 Å². The summed E-state index contributed by atoms with van der Waals surface area (Å²) in [6.45, 7) is 0.0966. The molecule has 0 saturated heterocycles. The maximum atomic E-state index is 10.8. The summed E-state index contributed by atoms with van der Waals surface area (Å²) < 4.78 is 4.67. The van der Waals surface area contributed by atoms with Crippen molar-refractivity contribution >= 4 is 19.4 Å². The maximum Gasteiger partial charge on any atom is 0.590 e. The van der Waals surface area contributed by atoms with Crippen LogP contribution < -0.4 is 11.0 Å². The largest absolute Gasteiger partial charge is 0.590 e. The van der Waals surface area contributed by atoms with Crippen molar-refractivity contribution in [3.63, 3.8) is 0 Å². The molecule has 0 fully saturated rings. The molecule has 6 N–H and O–H groups in total. The second-order valence-corrected chi connectivity index (χ2v) is 2.92. The number of carbonyl (C=O) groups is 2. The van der Waals surface area contributed by atoms with E-state index >= 15 is 0 Å². The van der Waals surface area contributed by atoms with E-state index in [2.05, 4.69) is 10.5 Å². The quantitative estimate of drug-likeness (QED) is 0.461. The predicted molar refractivity (Wildman–Crippen MR) is 62.2 cm³/mol. The van der Waals surface area contributed by atoms with Gasteiger partial charge in [-0.15, -0.1) is 0 Å². The molecule has 0 spiro atoms. The van der Waals surface area contributed by atoms with E-state index < -0.39 is 19.4 Å². The number of carboxylic acid groups (broad SMARTS) is 1. The SMILES string of the molecule is NC(=O)O.O=C(NB(O)O)OCc1ccccc1. The highest BCUT2D eigenvalue weighted by atomic mass is 16.6. The zero-order chi connectivity index (χ0) is 14.0. The summed E-state index contributed by atoms with van der Waals surface area (Å²) in [5.74, 6) is 0. The molecule has 0 aromatic heterocycles. The second kappa shape index (κ2) is 8.85. The average molecular weight is 256 g/mol. The Morgan fingerprint density at radius 3 is 2.22 bits per heavy atom. The van der Waals surface area contributed by atoms with Gasteiger partial charge in [0, 0.05) is 0 Å². The summed E-state index contributed by atoms with van der Waals surface area (Å²) in [5, 5.41) is 25.7. The first kappa shape index (κ1) is 15.7. The lowest BCUT2D eigenvalue weighted by Crippen LogP contribution is -2.39. The zero-order valence-electron chi connectivity index (χ0n) is 9.31. The van der Waals surface area contributed by atoms with Crippen LogP contribution in [0.1, 0.15) is 5.56 Å². The second-order valence-electron chi connectivity index (χ2n) is 2.92. The number of carbonyl (C=O) groups excluding carboxylic acids is 1. The van der Waals surface area contributed by atoms with E-state index in [0.717, 1.165) is 5.56 Å². The van der Waals surface area contributed by atoms with Gasteiger partial charge in [0.05, 0.1) is 0 Å². The van der Waals surface area contributed by atoms with Crippen LogP contribution in [0.15, 0.2) is 30.3 Å². The van der Waals surface area contributed by atoms with Crippen LogP contribution in [0, 0.1) is 0 Å². The predicted octanol–water partition coefficient (Wildman–Crippen LogP) is -0.495. The molecule has 9 heteroatoms. The Morgan fingerprint density at radius 1 is 1.28 bits per heavy atom. The van der Waals surface area contributed by atoms with Crippen molar-refractivity contribution in [2.24, 2.45) is 5.73 Å². The number of nitrogens with two attached hydrogens (primary N) is 1. The highest BCUT2D eigenvalue weighted by Crippen LogP contribution is 2.00. The molecule has 1 aromatic rings. The van der Waals surface area contributed by atoms with Crippen molar-refractivity contribution in [1.82, 2.24) is 5.23 Å². The van der Waals surface area contributed by atoms with Crippen LogP contribution in [0.2, 0.25) is 0 Å². The van der Waals surface area contributed by atoms with Crippen LogP contribution in [-0.2, 0) is 11.3 Å². The minimum absolute atomic E-state index is 0.0966. The molecule has 2 amide bonds. The number of hydrogen-bond donors (Lipinski definition) is 5. The van der Waals surface area contributed by atoms with Crippen LogP contribution >= 0.6 is 0 Å². The third-order valence-electron chi connectivity index (χ3n) is 1.46. The normalized spacial score (nSPS) is 8.56. The smallest absolute Gasteiger partial charge is 0.465 e. The molecular formula is C9H13BN2O6. The maximum absolute atomic E-state index is 10.8. The fraction of sp³-hybridized carbons (Fsp3) is 0.111. The molecule has 1 rings (SSSR count). The number of rotatable bonds is 3. The van der Waals surface area contributed by atoms with Crippen molar-refractivity contribution in [2.75, 3.05) is 0 Å². The lowest BCUT2D eigenvalue weighted by atomic mass is 10.2. The van der Waals surface area contributed by atoms with E-state index in [9.17, 15) is 4.79 Å². The van der Waals surface area contributed by atoms with Gasteiger partial charge in [0.25, 0.3) is 0 Å². The van der Waals surface area contributed by atoms with Gasteiger partial charge in [-0.2, -0.15) is 0 Å². The van der Waals surface area contributed by atoms with Gasteiger partial charge in [-0.25, -0.2) is 9.59 Å². The average Bonchev–Trinajstić information content (AvgIpc) is 2.26. The third kappa shape index (κ3) is 10.3. The van der Waals surface area contributed by atoms with Gasteiger partial charge in [-0.3, -0.25) is 0 Å². The molecule has 0 aliphatic heterocycles. The van der Waals surface area contributed by atoms with Gasteiger partial charge in [0.15, 0.2) is 0 Å². The molecule has 0 bridgehead atoms. The van der Waals surface area contributed by atoms with E-state index in [0.29, 0.717) is 0 Å². The van der Waals surface area contributed by atoms with E-state index in [1.807, 2.05) is 18.2 Å². The Hall–Kier alpha value is -2.26. The monoisotopic (exact) mass is 256 g/mol. The first-order chi connectivity index (χ1) is 8.41. The fourth-order valence-corrected chi connectivity index (χ4v) is 0.870. The lowest BCUT2D eigenvalue weighted by Gasteiger charge is -2.05. The van der Waals surface area contributed by atoms with Crippen LogP contribution in [0.25, 0.3) is 0 Å². The Kier molecular flexibility index (Phi) is 7.74. The Labute approximate surface area is 103 Å². The first-order valence-electron chi connectivity index (χ1n) is 4.73. The summed E-state index contributed by atoms with van der Waals surface area (Å²) in [6, 6.07) is 9.07. The zero-order valence-corrected chi connectivity index (χ0v) is 9.31. The molecule has 0 unspecified atom stereocenters. The number of amides is 2. The molecule has 0 heterocycles. The minimum atomic E-state index is -1.89. The number of hydrogen-bond acceptors (Lipinski definition) is 5. The first-order valence-corrected chi connectivity index (χ1v) is 4.73. The van der Waals surface area contributed by atoms with Crippen LogP contribution in [0.4, 0.5) is 9.59 Å². The van der Waals surface area contributed by atoms with E-state index in [1.165, 1.54) is 0 Å². The number of nitrogens with one attached hydrogen (secondary N) is 1. The number of primary amides is 1. The molecule has 18 heavy (non-hydrogen) atoms. The molecule has 0 radical (unpaired) electrons. The topological polar surface area (TPSA) is 142 Å². The summed E-state index contributed by atoms with van der Waals surface area (Å²) in [4.78, 5) is 19.6. The Balaban J connectivity index is 0.000000631. The van der Waals surface area contributed by atoms with Crippen molar-refractivity contribution in [2.45, 2.75) is 6.61 Å². The lowest BCUT2D eigenvalue weighted by molar-refractivity contribution is 0.142. The van der Waals surface area contributed by atoms with Crippen molar-refractivity contribution in [3.8, 4) is 0 Å². The van der Waals surface area contributed by atoms with Gasteiger partial charge >= 0.3 is 19.4 Å². The number of ether oxygens (including phenoxy) is 1. The summed E-state index contributed by atoms with van der Waals surface area (Å²) in [7, 11) is -1.89.